The van der Waals surface area contributed by atoms with Crippen LogP contribution in [0.15, 0.2) is 59.1 Å². The minimum Gasteiger partial charge on any atom is -0.366 e. The van der Waals surface area contributed by atoms with E-state index in [9.17, 15) is 9.59 Å². The summed E-state index contributed by atoms with van der Waals surface area (Å²) in [5, 5.41) is 1.36. The predicted molar refractivity (Wildman–Crippen MR) is 110 cm³/mol. The highest BCUT2D eigenvalue weighted by atomic mass is 79.9. The molecule has 1 aliphatic heterocycles. The van der Waals surface area contributed by atoms with Gasteiger partial charge in [0.1, 0.15) is 12.2 Å². The fourth-order valence-electron chi connectivity index (χ4n) is 3.10. The number of hydroxylamine groups is 2. The number of halogens is 1. The largest absolute Gasteiger partial charge is 0.366 e. The molecule has 3 rings (SSSR count). The number of ether oxygens (including phenoxy) is 1. The van der Waals surface area contributed by atoms with Crippen LogP contribution in [0.2, 0.25) is 0 Å². The quantitative estimate of drug-likeness (QED) is 0.611. The zero-order valence-corrected chi connectivity index (χ0v) is 17.6. The van der Waals surface area contributed by atoms with Crippen LogP contribution in [0.4, 0.5) is 0 Å². The van der Waals surface area contributed by atoms with E-state index in [0.717, 1.165) is 10.0 Å². The van der Waals surface area contributed by atoms with Gasteiger partial charge in [0.25, 0.3) is 5.91 Å². The molecule has 2 aromatic carbocycles. The van der Waals surface area contributed by atoms with Crippen LogP contribution in [0.3, 0.4) is 0 Å². The zero-order valence-electron chi connectivity index (χ0n) is 16.1. The van der Waals surface area contributed by atoms with Crippen LogP contribution in [-0.2, 0) is 21.0 Å². The van der Waals surface area contributed by atoms with E-state index in [1.54, 1.807) is 26.0 Å². The third kappa shape index (κ3) is 5.07. The molecule has 1 saturated heterocycles. The zero-order chi connectivity index (χ0) is 20.1. The Morgan fingerprint density at radius 3 is 2.54 bits per heavy atom. The summed E-state index contributed by atoms with van der Waals surface area (Å²) in [6, 6.07) is 16.5. The van der Waals surface area contributed by atoms with Crippen molar-refractivity contribution in [3.8, 4) is 0 Å². The number of nitrogens with zero attached hydrogens (tertiary/aromatic N) is 1. The molecule has 0 unspecified atom stereocenters. The predicted octanol–water partition coefficient (Wildman–Crippen LogP) is 4.55. The smallest absolute Gasteiger partial charge is 0.278 e. The lowest BCUT2D eigenvalue weighted by Gasteiger charge is -2.32. The van der Waals surface area contributed by atoms with Crippen molar-refractivity contribution in [3.05, 3.63) is 70.2 Å². The van der Waals surface area contributed by atoms with Gasteiger partial charge in [0.05, 0.1) is 12.6 Å². The minimum absolute atomic E-state index is 0.0293. The van der Waals surface area contributed by atoms with E-state index in [2.05, 4.69) is 15.9 Å². The van der Waals surface area contributed by atoms with Gasteiger partial charge in [-0.1, -0.05) is 58.4 Å². The molecule has 28 heavy (non-hydrogen) atoms. The number of hydrogen-bond donors (Lipinski definition) is 0. The molecular weight excluding hydrogens is 422 g/mol. The van der Waals surface area contributed by atoms with Gasteiger partial charge in [-0.25, -0.2) is 5.06 Å². The summed E-state index contributed by atoms with van der Waals surface area (Å²) in [4.78, 5) is 31.7. The van der Waals surface area contributed by atoms with Crippen molar-refractivity contribution >= 4 is 27.6 Å². The number of ketones is 1. The highest BCUT2D eigenvalue weighted by molar-refractivity contribution is 9.10. The summed E-state index contributed by atoms with van der Waals surface area (Å²) in [5.41, 5.74) is 0.575. The Labute approximate surface area is 173 Å². The Balaban J connectivity index is 1.77. The molecule has 5 nitrogen and oxygen atoms in total. The van der Waals surface area contributed by atoms with Crippen molar-refractivity contribution in [3.63, 3.8) is 0 Å². The first-order valence-corrected chi connectivity index (χ1v) is 10.1. The van der Waals surface area contributed by atoms with Crippen LogP contribution in [0.1, 0.15) is 42.6 Å². The number of Topliss-reactive ketones (excluding diaryl/α,β-unsaturated/α-hetero) is 1. The number of carbonyl (C=O) groups excluding carboxylic acids is 2. The van der Waals surface area contributed by atoms with Crippen molar-refractivity contribution in [2.45, 2.75) is 44.9 Å². The molecule has 2 aromatic rings. The summed E-state index contributed by atoms with van der Waals surface area (Å²) in [5.74, 6) is -0.298. The van der Waals surface area contributed by atoms with E-state index in [1.807, 2.05) is 42.5 Å². The normalized spacial score (nSPS) is 19.3. The second-order valence-corrected chi connectivity index (χ2v) is 8.24. The van der Waals surface area contributed by atoms with Gasteiger partial charge in [0, 0.05) is 16.5 Å². The molecule has 1 fully saturated rings. The fraction of sp³-hybridized carbons (Fsp3) is 0.364. The Morgan fingerprint density at radius 2 is 1.86 bits per heavy atom. The van der Waals surface area contributed by atoms with Crippen LogP contribution in [0.5, 0.6) is 0 Å². The van der Waals surface area contributed by atoms with Crippen LogP contribution < -0.4 is 0 Å². The molecule has 0 aliphatic carbocycles. The van der Waals surface area contributed by atoms with Gasteiger partial charge >= 0.3 is 0 Å². The third-order valence-corrected chi connectivity index (χ3v) is 5.29. The summed E-state index contributed by atoms with van der Waals surface area (Å²) in [6.07, 6.45) is 0.716. The summed E-state index contributed by atoms with van der Waals surface area (Å²) in [7, 11) is 0. The Kier molecular flexibility index (Phi) is 6.65. The fourth-order valence-corrected chi connectivity index (χ4v) is 3.36. The van der Waals surface area contributed by atoms with Gasteiger partial charge in [0.2, 0.25) is 0 Å². The number of hydrogen-bond acceptors (Lipinski definition) is 4. The SMILES string of the molecule is CC1(C)OCC[C@H](CC(=O)c2ccc(Br)cc2)N(OCc2ccccc2)C1=O. The standard InChI is InChI=1S/C22H24BrNO4/c1-22(2)21(26)24(28-15-16-6-4-3-5-7-16)19(12-13-27-22)14-20(25)17-8-10-18(23)11-9-17/h3-11,19H,12-15H2,1-2H3/t19-/m1/s1. The average molecular weight is 446 g/mol. The number of benzene rings is 2. The van der Waals surface area contributed by atoms with Crippen molar-refractivity contribution in [1.29, 1.82) is 0 Å². The maximum absolute atomic E-state index is 13.0. The van der Waals surface area contributed by atoms with Crippen molar-refractivity contribution in [2.24, 2.45) is 0 Å². The summed E-state index contributed by atoms with van der Waals surface area (Å²) >= 11 is 3.38. The second kappa shape index (κ2) is 8.99. The molecule has 1 aliphatic rings. The molecule has 0 spiro atoms. The molecule has 1 amide bonds. The van der Waals surface area contributed by atoms with E-state index in [-0.39, 0.29) is 30.8 Å². The number of carbonyl (C=O) groups is 2. The van der Waals surface area contributed by atoms with E-state index < -0.39 is 5.60 Å². The maximum atomic E-state index is 13.0. The van der Waals surface area contributed by atoms with E-state index in [0.29, 0.717) is 18.6 Å². The van der Waals surface area contributed by atoms with Crippen molar-refractivity contribution in [1.82, 2.24) is 5.06 Å². The van der Waals surface area contributed by atoms with Gasteiger partial charge in [-0.05, 0) is 38.0 Å². The monoisotopic (exact) mass is 445 g/mol. The van der Waals surface area contributed by atoms with E-state index in [4.69, 9.17) is 9.57 Å². The number of amides is 1. The van der Waals surface area contributed by atoms with Crippen LogP contribution >= 0.6 is 15.9 Å². The van der Waals surface area contributed by atoms with Gasteiger partial charge < -0.3 is 4.74 Å². The van der Waals surface area contributed by atoms with Crippen molar-refractivity contribution in [2.75, 3.05) is 6.61 Å². The summed E-state index contributed by atoms with van der Waals surface area (Å²) < 4.78 is 6.64. The van der Waals surface area contributed by atoms with Crippen LogP contribution in [0.25, 0.3) is 0 Å². The minimum atomic E-state index is -0.994. The van der Waals surface area contributed by atoms with Gasteiger partial charge in [0.15, 0.2) is 5.78 Å². The lowest BCUT2D eigenvalue weighted by atomic mass is 10.0. The van der Waals surface area contributed by atoms with Crippen LogP contribution in [-0.4, -0.2) is 35.0 Å². The molecule has 6 heteroatoms. The molecule has 0 radical (unpaired) electrons. The van der Waals surface area contributed by atoms with E-state index in [1.165, 1.54) is 5.06 Å². The first-order valence-electron chi connectivity index (χ1n) is 9.30. The Morgan fingerprint density at radius 1 is 1.18 bits per heavy atom. The van der Waals surface area contributed by atoms with Crippen LogP contribution in [0, 0.1) is 0 Å². The second-order valence-electron chi connectivity index (χ2n) is 7.33. The molecule has 0 saturated carbocycles. The first-order chi connectivity index (χ1) is 13.4. The lowest BCUT2D eigenvalue weighted by Crippen LogP contribution is -2.48. The highest BCUT2D eigenvalue weighted by Gasteiger charge is 2.41. The Hall–Kier alpha value is -2.02. The van der Waals surface area contributed by atoms with Crippen molar-refractivity contribution < 1.29 is 19.2 Å². The first kappa shape index (κ1) is 20.7. The third-order valence-electron chi connectivity index (χ3n) is 4.76. The number of rotatable bonds is 6. The molecule has 0 bridgehead atoms. The average Bonchev–Trinajstić information content (AvgIpc) is 2.78. The maximum Gasteiger partial charge on any atom is 0.278 e. The molecule has 0 N–H and O–H groups in total. The topological polar surface area (TPSA) is 55.8 Å². The molecule has 1 heterocycles. The molecular formula is C22H24BrNO4. The van der Waals surface area contributed by atoms with Gasteiger partial charge in [-0.3, -0.25) is 14.4 Å². The summed E-state index contributed by atoms with van der Waals surface area (Å²) in [6.45, 7) is 4.11. The van der Waals surface area contributed by atoms with E-state index >= 15 is 0 Å². The van der Waals surface area contributed by atoms with Gasteiger partial charge in [-0.2, -0.15) is 0 Å². The highest BCUT2D eigenvalue weighted by Crippen LogP contribution is 2.26. The molecule has 0 aromatic heterocycles. The molecule has 1 atom stereocenters. The lowest BCUT2D eigenvalue weighted by molar-refractivity contribution is -0.214. The molecule has 148 valence electrons. The Bertz CT molecular complexity index is 820. The van der Waals surface area contributed by atoms with Gasteiger partial charge in [-0.15, -0.1) is 0 Å².